The van der Waals surface area contributed by atoms with E-state index < -0.39 is 42.2 Å². The lowest BCUT2D eigenvalue weighted by atomic mass is 9.58. The topological polar surface area (TPSA) is 113 Å². The molecule has 1 amide bonds. The zero-order valence-corrected chi connectivity index (χ0v) is 24.9. The molecule has 1 unspecified atom stereocenters. The van der Waals surface area contributed by atoms with Crippen LogP contribution < -0.4 is 14.8 Å². The summed E-state index contributed by atoms with van der Waals surface area (Å²) in [5, 5.41) is 2.66. The molecule has 9 nitrogen and oxygen atoms in total. The normalized spacial score (nSPS) is 16.1. The Morgan fingerprint density at radius 3 is 2.02 bits per heavy atom. The van der Waals surface area contributed by atoms with Gasteiger partial charge in [-0.05, 0) is 44.7 Å². The lowest BCUT2D eigenvalue weighted by molar-refractivity contribution is -0.160. The number of carbonyl (C=O) groups excluding carboxylic acids is 3. The number of aromatic nitrogens is 1. The molecule has 2 aromatic carbocycles. The first-order valence-electron chi connectivity index (χ1n) is 14.0. The van der Waals surface area contributed by atoms with E-state index in [1.54, 1.807) is 20.8 Å². The minimum Gasteiger partial charge on any atom is -0.493 e. The number of esters is 2. The SMILES string of the molecule is COc1ccnc(C(=O)N[C@@H](C)C(=O)OC2CCC2(c2ccc(C)cc2)c2ccc(C)cc2)c1OCOC(=O)C(C)C. The number of pyridine rings is 1. The molecule has 0 saturated heterocycles. The molecule has 2 atom stereocenters. The molecule has 1 heterocycles. The largest absolute Gasteiger partial charge is 0.493 e. The average Bonchev–Trinajstić information content (AvgIpc) is 2.97. The van der Waals surface area contributed by atoms with E-state index in [-0.39, 0.29) is 23.1 Å². The van der Waals surface area contributed by atoms with Crippen LogP contribution in [0.3, 0.4) is 0 Å². The third-order valence-corrected chi connectivity index (χ3v) is 7.62. The van der Waals surface area contributed by atoms with Gasteiger partial charge >= 0.3 is 11.9 Å². The lowest BCUT2D eigenvalue weighted by Crippen LogP contribution is -2.53. The number of nitrogens with one attached hydrogen (secondary N) is 1. The summed E-state index contributed by atoms with van der Waals surface area (Å²) in [6.07, 6.45) is 2.50. The van der Waals surface area contributed by atoms with Crippen molar-refractivity contribution < 1.29 is 33.3 Å². The van der Waals surface area contributed by atoms with Crippen LogP contribution in [0.2, 0.25) is 0 Å². The van der Waals surface area contributed by atoms with Crippen molar-refractivity contribution in [2.75, 3.05) is 13.9 Å². The van der Waals surface area contributed by atoms with Crippen molar-refractivity contribution in [2.24, 2.45) is 5.92 Å². The fourth-order valence-corrected chi connectivity index (χ4v) is 5.01. The third-order valence-electron chi connectivity index (χ3n) is 7.62. The number of ether oxygens (including phenoxy) is 4. The van der Waals surface area contributed by atoms with Crippen LogP contribution in [0.5, 0.6) is 11.5 Å². The van der Waals surface area contributed by atoms with E-state index in [2.05, 4.69) is 58.8 Å². The molecule has 0 radical (unpaired) electrons. The molecule has 1 aromatic heterocycles. The van der Waals surface area contributed by atoms with Gasteiger partial charge in [0, 0.05) is 12.3 Å². The second kappa shape index (κ2) is 13.1. The molecule has 0 aliphatic heterocycles. The summed E-state index contributed by atoms with van der Waals surface area (Å²) in [5.41, 5.74) is 3.86. The number of hydrogen-bond donors (Lipinski definition) is 1. The van der Waals surface area contributed by atoms with Crippen molar-refractivity contribution in [3.8, 4) is 11.5 Å². The summed E-state index contributed by atoms with van der Waals surface area (Å²) in [6, 6.07) is 17.2. The van der Waals surface area contributed by atoms with E-state index in [0.717, 1.165) is 28.7 Å². The Kier molecular flexibility index (Phi) is 9.50. The summed E-state index contributed by atoms with van der Waals surface area (Å²) in [4.78, 5) is 42.5. The smallest absolute Gasteiger partial charge is 0.328 e. The van der Waals surface area contributed by atoms with Crippen molar-refractivity contribution in [3.05, 3.63) is 88.7 Å². The van der Waals surface area contributed by atoms with Crippen LogP contribution >= 0.6 is 0 Å². The fraction of sp³-hybridized carbons (Fsp3) is 0.394. The van der Waals surface area contributed by atoms with Crippen molar-refractivity contribution in [2.45, 2.75) is 65.0 Å². The molecule has 42 heavy (non-hydrogen) atoms. The van der Waals surface area contributed by atoms with Crippen LogP contribution in [-0.4, -0.2) is 48.9 Å². The van der Waals surface area contributed by atoms with E-state index in [9.17, 15) is 14.4 Å². The highest BCUT2D eigenvalue weighted by atomic mass is 16.7. The number of rotatable bonds is 11. The highest BCUT2D eigenvalue weighted by Crippen LogP contribution is 2.51. The van der Waals surface area contributed by atoms with Crippen molar-refractivity contribution >= 4 is 17.8 Å². The second-order valence-corrected chi connectivity index (χ2v) is 10.9. The van der Waals surface area contributed by atoms with Gasteiger partial charge in [-0.15, -0.1) is 0 Å². The van der Waals surface area contributed by atoms with Crippen molar-refractivity contribution in [3.63, 3.8) is 0 Å². The van der Waals surface area contributed by atoms with Crippen molar-refractivity contribution in [1.82, 2.24) is 10.3 Å². The Morgan fingerprint density at radius 1 is 0.929 bits per heavy atom. The van der Waals surface area contributed by atoms with E-state index in [1.165, 1.54) is 19.4 Å². The summed E-state index contributed by atoms with van der Waals surface area (Å²) in [7, 11) is 1.41. The molecule has 1 saturated carbocycles. The van der Waals surface area contributed by atoms with Gasteiger partial charge in [0.25, 0.3) is 5.91 Å². The maximum Gasteiger partial charge on any atom is 0.328 e. The molecule has 4 rings (SSSR count). The Morgan fingerprint density at radius 2 is 1.52 bits per heavy atom. The molecular formula is C33H38N2O7. The first-order valence-corrected chi connectivity index (χ1v) is 14.0. The molecule has 3 aromatic rings. The van der Waals surface area contributed by atoms with Gasteiger partial charge < -0.3 is 24.3 Å². The van der Waals surface area contributed by atoms with Crippen LogP contribution in [0.15, 0.2) is 60.8 Å². The molecule has 1 aliphatic carbocycles. The molecule has 0 bridgehead atoms. The first kappa shape index (κ1) is 30.6. The third kappa shape index (κ3) is 6.40. The van der Waals surface area contributed by atoms with Crippen LogP contribution in [0, 0.1) is 19.8 Å². The highest BCUT2D eigenvalue weighted by Gasteiger charge is 2.52. The monoisotopic (exact) mass is 574 g/mol. The van der Waals surface area contributed by atoms with Gasteiger partial charge in [0.1, 0.15) is 12.1 Å². The summed E-state index contributed by atoms with van der Waals surface area (Å²) < 4.78 is 22.0. The lowest BCUT2D eigenvalue weighted by Gasteiger charge is -2.49. The molecule has 1 fully saturated rings. The number of methoxy groups -OCH3 is 1. The van der Waals surface area contributed by atoms with Crippen LogP contribution in [0.25, 0.3) is 0 Å². The summed E-state index contributed by atoms with van der Waals surface area (Å²) in [5.74, 6) is -1.81. The molecule has 222 valence electrons. The molecule has 0 spiro atoms. The first-order chi connectivity index (χ1) is 20.1. The number of amides is 1. The zero-order valence-electron chi connectivity index (χ0n) is 24.9. The summed E-state index contributed by atoms with van der Waals surface area (Å²) in [6.45, 7) is 8.60. The maximum atomic E-state index is 13.3. The Bertz CT molecular complexity index is 1370. The van der Waals surface area contributed by atoms with Gasteiger partial charge in [-0.1, -0.05) is 73.5 Å². The van der Waals surface area contributed by atoms with Crippen molar-refractivity contribution in [1.29, 1.82) is 0 Å². The molecule has 9 heteroatoms. The zero-order chi connectivity index (χ0) is 30.4. The Balaban J connectivity index is 1.49. The quantitative estimate of drug-likeness (QED) is 0.250. The highest BCUT2D eigenvalue weighted by molar-refractivity contribution is 5.98. The fourth-order valence-electron chi connectivity index (χ4n) is 5.01. The minimum atomic E-state index is -0.980. The predicted molar refractivity (Wildman–Crippen MR) is 156 cm³/mol. The number of carbonyl (C=O) groups is 3. The van der Waals surface area contributed by atoms with Crippen LogP contribution in [0.4, 0.5) is 0 Å². The van der Waals surface area contributed by atoms with Gasteiger partial charge in [-0.2, -0.15) is 0 Å². The van der Waals surface area contributed by atoms with E-state index in [0.29, 0.717) is 6.42 Å². The second-order valence-electron chi connectivity index (χ2n) is 10.9. The molecular weight excluding hydrogens is 536 g/mol. The van der Waals surface area contributed by atoms with Crippen LogP contribution in [-0.2, 0) is 24.5 Å². The van der Waals surface area contributed by atoms with Gasteiger partial charge in [0.05, 0.1) is 18.4 Å². The Hall–Kier alpha value is -4.40. The van der Waals surface area contributed by atoms with Gasteiger partial charge in [0.2, 0.25) is 6.79 Å². The van der Waals surface area contributed by atoms with Gasteiger partial charge in [-0.3, -0.25) is 9.59 Å². The Labute approximate surface area is 246 Å². The van der Waals surface area contributed by atoms with Crippen LogP contribution in [0.1, 0.15) is 66.4 Å². The number of hydrogen-bond acceptors (Lipinski definition) is 8. The predicted octanol–water partition coefficient (Wildman–Crippen LogP) is 5.05. The summed E-state index contributed by atoms with van der Waals surface area (Å²) >= 11 is 0. The standard InChI is InChI=1S/C33H38N2O7/c1-20(2)31(37)41-19-40-29-26(39-6)16-18-34-28(29)30(36)35-23(5)32(38)42-27-15-17-33(27,24-11-7-21(3)8-12-24)25-13-9-22(4)10-14-25/h7-14,16,18,20,23,27H,15,17,19H2,1-6H3,(H,35,36)/t23-,27?/m0/s1. The average molecular weight is 575 g/mol. The molecule has 1 aliphatic rings. The van der Waals surface area contributed by atoms with E-state index in [4.69, 9.17) is 18.9 Å². The minimum absolute atomic E-state index is 0.00799. The van der Waals surface area contributed by atoms with Gasteiger partial charge in [-0.25, -0.2) is 9.78 Å². The van der Waals surface area contributed by atoms with E-state index >= 15 is 0 Å². The number of aryl methyl sites for hydroxylation is 2. The maximum absolute atomic E-state index is 13.3. The van der Waals surface area contributed by atoms with E-state index in [1.807, 2.05) is 13.8 Å². The van der Waals surface area contributed by atoms with Gasteiger partial charge in [0.15, 0.2) is 17.2 Å². The number of benzene rings is 2. The molecule has 1 N–H and O–H groups in total. The number of nitrogens with zero attached hydrogens (tertiary/aromatic N) is 1.